The number of fused-ring (bicyclic) bond motifs is 2. The number of hydrogen-bond donors (Lipinski definition) is 2. The molecule has 0 spiro atoms. The van der Waals surface area contributed by atoms with Gasteiger partial charge < -0.3 is 5.11 Å². The Bertz CT molecular complexity index is 1280. The topological polar surface area (TPSA) is 95.4 Å². The van der Waals surface area contributed by atoms with E-state index in [2.05, 4.69) is 15.3 Å². The number of anilines is 2. The van der Waals surface area contributed by atoms with Crippen LogP contribution in [0.4, 0.5) is 15.6 Å². The normalized spacial score (nSPS) is 13.1. The van der Waals surface area contributed by atoms with Crippen molar-refractivity contribution in [1.82, 2.24) is 9.97 Å². The van der Waals surface area contributed by atoms with Gasteiger partial charge in [0.05, 0.1) is 10.2 Å². The number of aromatic carboxylic acids is 1. The number of para-hydroxylation sites is 1. The van der Waals surface area contributed by atoms with E-state index in [0.717, 1.165) is 34.3 Å². The van der Waals surface area contributed by atoms with Crippen molar-refractivity contribution in [2.75, 3.05) is 16.8 Å². The maximum Gasteiger partial charge on any atom is 0.355 e. The predicted octanol–water partition coefficient (Wildman–Crippen LogP) is 5.04. The molecule has 3 heterocycles. The number of carboxylic acids is 1. The summed E-state index contributed by atoms with van der Waals surface area (Å²) in [6.45, 7) is 0.575. The Morgan fingerprint density at radius 1 is 1.10 bits per heavy atom. The molecule has 5 rings (SSSR count). The van der Waals surface area contributed by atoms with E-state index < -0.39 is 5.97 Å². The standard InChI is InChI=1S/C23H18N4O3S/c28-21(29)20-16(6-3-11-24-20)15-10-9-14-5-4-12-27(18(14)13-15)23(30)26-22-25-17-7-1-2-8-19(17)31-22/h1-3,6-11,13H,4-5,12H2,(H,28,29)(H,25,26,30). The number of hydrogen-bond acceptors (Lipinski definition) is 5. The second-order valence-corrected chi connectivity index (χ2v) is 8.25. The van der Waals surface area contributed by atoms with Crippen LogP contribution < -0.4 is 10.2 Å². The van der Waals surface area contributed by atoms with Crippen LogP contribution in [-0.2, 0) is 6.42 Å². The van der Waals surface area contributed by atoms with Crippen molar-refractivity contribution in [3.63, 3.8) is 0 Å². The number of aromatic nitrogens is 2. The Kier molecular flexibility index (Phi) is 4.83. The van der Waals surface area contributed by atoms with E-state index in [1.165, 1.54) is 17.5 Å². The number of thiazole rings is 1. The van der Waals surface area contributed by atoms with Crippen molar-refractivity contribution in [1.29, 1.82) is 0 Å². The highest BCUT2D eigenvalue weighted by molar-refractivity contribution is 7.22. The van der Waals surface area contributed by atoms with Gasteiger partial charge >= 0.3 is 12.0 Å². The van der Waals surface area contributed by atoms with Crippen LogP contribution in [0.25, 0.3) is 21.3 Å². The molecule has 8 heteroatoms. The molecule has 4 aromatic rings. The lowest BCUT2D eigenvalue weighted by molar-refractivity contribution is 0.0691. The zero-order valence-corrected chi connectivity index (χ0v) is 17.2. The van der Waals surface area contributed by atoms with E-state index >= 15 is 0 Å². The fraction of sp³-hybridized carbons (Fsp3) is 0.130. The number of carbonyl (C=O) groups is 2. The van der Waals surface area contributed by atoms with Crippen LogP contribution in [0.15, 0.2) is 60.8 Å². The Balaban J connectivity index is 1.48. The SMILES string of the molecule is O=C(O)c1ncccc1-c1ccc2c(c1)N(C(=O)Nc1nc3ccccc3s1)CCC2. The quantitative estimate of drug-likeness (QED) is 0.475. The van der Waals surface area contributed by atoms with E-state index in [1.54, 1.807) is 17.0 Å². The third kappa shape index (κ3) is 3.62. The van der Waals surface area contributed by atoms with Crippen molar-refractivity contribution in [2.24, 2.45) is 0 Å². The molecular formula is C23H18N4O3S. The van der Waals surface area contributed by atoms with Gasteiger partial charge in [-0.3, -0.25) is 10.2 Å². The summed E-state index contributed by atoms with van der Waals surface area (Å²) in [4.78, 5) is 34.9. The third-order valence-electron chi connectivity index (χ3n) is 5.28. The van der Waals surface area contributed by atoms with Crippen LogP contribution in [0, 0.1) is 0 Å². The molecule has 0 atom stereocenters. The van der Waals surface area contributed by atoms with Gasteiger partial charge in [0.15, 0.2) is 10.8 Å². The van der Waals surface area contributed by atoms with Gasteiger partial charge in [0.25, 0.3) is 0 Å². The van der Waals surface area contributed by atoms with Crippen molar-refractivity contribution >= 4 is 44.4 Å². The molecule has 0 radical (unpaired) electrons. The van der Waals surface area contributed by atoms with Crippen molar-refractivity contribution in [2.45, 2.75) is 12.8 Å². The van der Waals surface area contributed by atoms with E-state index in [1.807, 2.05) is 42.5 Å². The van der Waals surface area contributed by atoms with Crippen molar-refractivity contribution in [3.8, 4) is 11.1 Å². The van der Waals surface area contributed by atoms with Gasteiger partial charge in [-0.2, -0.15) is 0 Å². The van der Waals surface area contributed by atoms with Gasteiger partial charge in [-0.25, -0.2) is 19.6 Å². The Hall–Kier alpha value is -3.78. The lowest BCUT2D eigenvalue weighted by Gasteiger charge is -2.29. The number of pyridine rings is 1. The highest BCUT2D eigenvalue weighted by Gasteiger charge is 2.25. The number of carbonyl (C=O) groups excluding carboxylic acids is 1. The number of aryl methyl sites for hydroxylation is 1. The Morgan fingerprint density at radius 2 is 1.97 bits per heavy atom. The first kappa shape index (κ1) is 19.2. The molecule has 31 heavy (non-hydrogen) atoms. The highest BCUT2D eigenvalue weighted by Crippen LogP contribution is 2.34. The first-order chi connectivity index (χ1) is 15.1. The molecule has 2 aromatic heterocycles. The van der Waals surface area contributed by atoms with Gasteiger partial charge in [0.1, 0.15) is 0 Å². The van der Waals surface area contributed by atoms with Gasteiger partial charge in [-0.15, -0.1) is 0 Å². The maximum atomic E-state index is 13.1. The van der Waals surface area contributed by atoms with Crippen LogP contribution in [-0.4, -0.2) is 33.6 Å². The van der Waals surface area contributed by atoms with Gasteiger partial charge in [0, 0.05) is 24.0 Å². The minimum absolute atomic E-state index is 0.0104. The summed E-state index contributed by atoms with van der Waals surface area (Å²) in [6, 6.07) is 16.6. The van der Waals surface area contributed by atoms with Crippen molar-refractivity contribution < 1.29 is 14.7 Å². The maximum absolute atomic E-state index is 13.1. The van der Waals surface area contributed by atoms with Crippen LogP contribution in [0.2, 0.25) is 0 Å². The molecule has 1 aliphatic rings. The van der Waals surface area contributed by atoms with Gasteiger partial charge in [0.2, 0.25) is 0 Å². The molecule has 0 saturated carbocycles. The first-order valence-corrected chi connectivity index (χ1v) is 10.7. The minimum Gasteiger partial charge on any atom is -0.476 e. The van der Waals surface area contributed by atoms with E-state index in [0.29, 0.717) is 22.8 Å². The summed E-state index contributed by atoms with van der Waals surface area (Å²) in [5, 5.41) is 13.0. The molecule has 0 fully saturated rings. The zero-order chi connectivity index (χ0) is 21.4. The van der Waals surface area contributed by atoms with Crippen molar-refractivity contribution in [3.05, 3.63) is 72.1 Å². The summed E-state index contributed by atoms with van der Waals surface area (Å²) in [7, 11) is 0. The second-order valence-electron chi connectivity index (χ2n) is 7.22. The number of benzene rings is 2. The highest BCUT2D eigenvalue weighted by atomic mass is 32.1. The number of urea groups is 1. The van der Waals surface area contributed by atoms with Crippen LogP contribution in [0.3, 0.4) is 0 Å². The summed E-state index contributed by atoms with van der Waals surface area (Å²) in [5.41, 5.74) is 3.90. The first-order valence-electron chi connectivity index (χ1n) is 9.86. The second kappa shape index (κ2) is 7.81. The molecule has 7 nitrogen and oxygen atoms in total. The molecule has 0 unspecified atom stereocenters. The van der Waals surface area contributed by atoms with E-state index in [9.17, 15) is 14.7 Å². The summed E-state index contributed by atoms with van der Waals surface area (Å²) >= 11 is 1.43. The van der Waals surface area contributed by atoms with Gasteiger partial charge in [-0.1, -0.05) is 41.7 Å². The fourth-order valence-electron chi connectivity index (χ4n) is 3.85. The molecular weight excluding hydrogens is 412 g/mol. The largest absolute Gasteiger partial charge is 0.476 e. The third-order valence-corrected chi connectivity index (χ3v) is 6.23. The molecule has 0 saturated heterocycles. The molecule has 2 aromatic carbocycles. The zero-order valence-electron chi connectivity index (χ0n) is 16.4. The average Bonchev–Trinajstić information content (AvgIpc) is 3.20. The molecule has 154 valence electrons. The lowest BCUT2D eigenvalue weighted by atomic mass is 9.96. The number of nitrogens with one attached hydrogen (secondary N) is 1. The summed E-state index contributed by atoms with van der Waals surface area (Å²) in [6.07, 6.45) is 3.18. The van der Waals surface area contributed by atoms with E-state index in [4.69, 9.17) is 0 Å². The summed E-state index contributed by atoms with van der Waals surface area (Å²) < 4.78 is 1.01. The number of carboxylic acid groups (broad SMARTS) is 1. The molecule has 0 bridgehead atoms. The molecule has 2 N–H and O–H groups in total. The minimum atomic E-state index is -1.08. The fourth-order valence-corrected chi connectivity index (χ4v) is 4.70. The predicted molar refractivity (Wildman–Crippen MR) is 121 cm³/mol. The van der Waals surface area contributed by atoms with Crippen LogP contribution in [0.1, 0.15) is 22.5 Å². The smallest absolute Gasteiger partial charge is 0.355 e. The van der Waals surface area contributed by atoms with Crippen LogP contribution in [0.5, 0.6) is 0 Å². The lowest BCUT2D eigenvalue weighted by Crippen LogP contribution is -2.38. The number of nitrogens with zero attached hydrogens (tertiary/aromatic N) is 3. The number of amides is 2. The summed E-state index contributed by atoms with van der Waals surface area (Å²) in [5.74, 6) is -1.08. The van der Waals surface area contributed by atoms with Crippen LogP contribution >= 0.6 is 11.3 Å². The number of rotatable bonds is 3. The van der Waals surface area contributed by atoms with Gasteiger partial charge in [-0.05, 0) is 48.2 Å². The Labute approximate surface area is 182 Å². The molecule has 2 amide bonds. The average molecular weight is 430 g/mol. The van der Waals surface area contributed by atoms with E-state index in [-0.39, 0.29) is 11.7 Å². The monoisotopic (exact) mass is 430 g/mol. The molecule has 1 aliphatic heterocycles. The Morgan fingerprint density at radius 3 is 2.81 bits per heavy atom. The molecule has 0 aliphatic carbocycles.